The number of hydrogen-bond acceptors (Lipinski definition) is 6. The first kappa shape index (κ1) is 53.4. The molecule has 0 saturated carbocycles. The van der Waals surface area contributed by atoms with Crippen molar-refractivity contribution in [3.63, 3.8) is 0 Å². The lowest BCUT2D eigenvalue weighted by Crippen LogP contribution is -2.30. The molecule has 0 amide bonds. The van der Waals surface area contributed by atoms with Gasteiger partial charge in [-0.25, -0.2) is 0 Å². The molecule has 0 aromatic rings. The number of unbranched alkanes of at least 4 members (excludes halogenated alkanes) is 25. The second-order valence-electron chi connectivity index (χ2n) is 18.2. The zero-order valence-electron chi connectivity index (χ0n) is 37.7. The SMILES string of the molecule is CC(C)CCCCCCCCCCCCC(=O)OC[C@H](COC(=O)CCCCCCCCCCC(C)C)OC(=O)CCCCCCCCCCCCC(C)C. The van der Waals surface area contributed by atoms with Gasteiger partial charge in [0.15, 0.2) is 6.10 Å². The molecule has 0 N–H and O–H groups in total. The Morgan fingerprint density at radius 3 is 0.782 bits per heavy atom. The molecule has 0 radical (unpaired) electrons. The maximum atomic E-state index is 12.7. The zero-order chi connectivity index (χ0) is 40.6. The van der Waals surface area contributed by atoms with Crippen LogP contribution >= 0.6 is 0 Å². The highest BCUT2D eigenvalue weighted by molar-refractivity contribution is 5.71. The predicted octanol–water partition coefficient (Wildman–Crippen LogP) is 15.2. The van der Waals surface area contributed by atoms with Crippen LogP contribution in [0.3, 0.4) is 0 Å². The van der Waals surface area contributed by atoms with Crippen molar-refractivity contribution in [1.29, 1.82) is 0 Å². The normalized spacial score (nSPS) is 12.2. The summed E-state index contributed by atoms with van der Waals surface area (Å²) in [5.41, 5.74) is 0. The minimum Gasteiger partial charge on any atom is -0.462 e. The fraction of sp³-hybridized carbons (Fsp3) is 0.939. The first-order valence-electron chi connectivity index (χ1n) is 24.1. The lowest BCUT2D eigenvalue weighted by molar-refractivity contribution is -0.167. The summed E-state index contributed by atoms with van der Waals surface area (Å²) in [6.07, 6.45) is 38.1. The largest absolute Gasteiger partial charge is 0.462 e. The van der Waals surface area contributed by atoms with E-state index in [4.69, 9.17) is 14.2 Å². The third-order valence-electron chi connectivity index (χ3n) is 10.9. The maximum absolute atomic E-state index is 12.7. The molecule has 6 heteroatoms. The molecule has 0 aromatic carbocycles. The third kappa shape index (κ3) is 43.4. The average Bonchev–Trinajstić information content (AvgIpc) is 3.13. The van der Waals surface area contributed by atoms with Gasteiger partial charge in [0.05, 0.1) is 0 Å². The van der Waals surface area contributed by atoms with Crippen LogP contribution in [-0.4, -0.2) is 37.2 Å². The van der Waals surface area contributed by atoms with E-state index in [9.17, 15) is 14.4 Å². The van der Waals surface area contributed by atoms with Crippen molar-refractivity contribution in [2.24, 2.45) is 17.8 Å². The lowest BCUT2D eigenvalue weighted by atomic mass is 10.0. The topological polar surface area (TPSA) is 78.9 Å². The molecule has 0 aliphatic rings. The summed E-state index contributed by atoms with van der Waals surface area (Å²) in [7, 11) is 0. The summed E-state index contributed by atoms with van der Waals surface area (Å²) >= 11 is 0. The number of carbonyl (C=O) groups is 3. The van der Waals surface area contributed by atoms with E-state index in [1.807, 2.05) is 0 Å². The van der Waals surface area contributed by atoms with Crippen LogP contribution in [0.1, 0.15) is 260 Å². The standard InChI is InChI=1S/C49H94O6/c1-43(2)35-29-23-17-11-7-9-13-20-26-32-38-47(50)53-41-46(42-54-48(51)39-33-27-21-16-15-19-25-31-37-45(5)6)55-49(52)40-34-28-22-14-10-8-12-18-24-30-36-44(3)4/h43-46H,7-42H2,1-6H3/t46-/m1/s1. The molecule has 55 heavy (non-hydrogen) atoms. The molecule has 0 aliphatic heterocycles. The van der Waals surface area contributed by atoms with Crippen molar-refractivity contribution >= 4 is 17.9 Å². The monoisotopic (exact) mass is 779 g/mol. The maximum Gasteiger partial charge on any atom is 0.306 e. The molecule has 326 valence electrons. The second kappa shape index (κ2) is 40.6. The van der Waals surface area contributed by atoms with Crippen molar-refractivity contribution in [1.82, 2.24) is 0 Å². The molecule has 0 rings (SSSR count). The highest BCUT2D eigenvalue weighted by atomic mass is 16.6. The smallest absolute Gasteiger partial charge is 0.306 e. The molecule has 1 atom stereocenters. The molecule has 0 fully saturated rings. The van der Waals surface area contributed by atoms with Gasteiger partial charge in [-0.2, -0.15) is 0 Å². The summed E-state index contributed by atoms with van der Waals surface area (Å²) in [4.78, 5) is 37.8. The van der Waals surface area contributed by atoms with Gasteiger partial charge in [-0.1, -0.05) is 221 Å². The minimum absolute atomic E-state index is 0.0658. The molecule has 0 saturated heterocycles. The lowest BCUT2D eigenvalue weighted by Gasteiger charge is -2.18. The Kier molecular flexibility index (Phi) is 39.4. The summed E-state index contributed by atoms with van der Waals surface area (Å²) in [5.74, 6) is 1.57. The van der Waals surface area contributed by atoms with E-state index in [0.29, 0.717) is 19.3 Å². The van der Waals surface area contributed by atoms with Gasteiger partial charge in [-0.05, 0) is 37.0 Å². The molecular formula is C49H94O6. The Labute approximate surface area is 342 Å². The first-order chi connectivity index (χ1) is 26.6. The summed E-state index contributed by atoms with van der Waals surface area (Å²) < 4.78 is 16.8. The van der Waals surface area contributed by atoms with Gasteiger partial charge in [0.2, 0.25) is 0 Å². The second-order valence-corrected chi connectivity index (χ2v) is 18.2. The summed E-state index contributed by atoms with van der Waals surface area (Å²) in [6.45, 7) is 13.6. The number of hydrogen-bond donors (Lipinski definition) is 0. The highest BCUT2D eigenvalue weighted by Gasteiger charge is 2.19. The summed E-state index contributed by atoms with van der Waals surface area (Å²) in [5, 5.41) is 0. The van der Waals surface area contributed by atoms with E-state index in [0.717, 1.165) is 75.5 Å². The molecule has 0 aromatic heterocycles. The molecular weight excluding hydrogens is 685 g/mol. The van der Waals surface area contributed by atoms with E-state index >= 15 is 0 Å². The minimum atomic E-state index is -0.762. The molecule has 0 heterocycles. The average molecular weight is 779 g/mol. The predicted molar refractivity (Wildman–Crippen MR) is 233 cm³/mol. The van der Waals surface area contributed by atoms with E-state index in [1.54, 1.807) is 0 Å². The van der Waals surface area contributed by atoms with Crippen molar-refractivity contribution < 1.29 is 28.6 Å². The van der Waals surface area contributed by atoms with Gasteiger partial charge < -0.3 is 14.2 Å². The van der Waals surface area contributed by atoms with Gasteiger partial charge >= 0.3 is 17.9 Å². The van der Waals surface area contributed by atoms with E-state index < -0.39 is 6.10 Å². The third-order valence-corrected chi connectivity index (χ3v) is 10.9. The molecule has 0 unspecified atom stereocenters. The van der Waals surface area contributed by atoms with Gasteiger partial charge in [0.1, 0.15) is 13.2 Å². The number of carbonyl (C=O) groups excluding carboxylic acids is 3. The fourth-order valence-corrected chi connectivity index (χ4v) is 7.23. The molecule has 0 spiro atoms. The first-order valence-corrected chi connectivity index (χ1v) is 24.1. The van der Waals surface area contributed by atoms with Gasteiger partial charge in [0.25, 0.3) is 0 Å². The van der Waals surface area contributed by atoms with Crippen LogP contribution in [0, 0.1) is 17.8 Å². The van der Waals surface area contributed by atoms with Crippen molar-refractivity contribution in [3.8, 4) is 0 Å². The van der Waals surface area contributed by atoms with Crippen LogP contribution in [0.15, 0.2) is 0 Å². The van der Waals surface area contributed by atoms with Crippen molar-refractivity contribution in [3.05, 3.63) is 0 Å². The molecule has 0 bridgehead atoms. The van der Waals surface area contributed by atoms with E-state index in [-0.39, 0.29) is 31.1 Å². The van der Waals surface area contributed by atoms with Crippen LogP contribution in [0.5, 0.6) is 0 Å². The van der Waals surface area contributed by atoms with E-state index in [1.165, 1.54) is 141 Å². The summed E-state index contributed by atoms with van der Waals surface area (Å²) in [6, 6.07) is 0. The number of rotatable bonds is 42. The van der Waals surface area contributed by atoms with Gasteiger partial charge in [-0.3, -0.25) is 14.4 Å². The highest BCUT2D eigenvalue weighted by Crippen LogP contribution is 2.17. The Morgan fingerprint density at radius 1 is 0.309 bits per heavy atom. The van der Waals surface area contributed by atoms with Gasteiger partial charge in [-0.15, -0.1) is 0 Å². The van der Waals surface area contributed by atoms with E-state index in [2.05, 4.69) is 41.5 Å². The van der Waals surface area contributed by atoms with Crippen LogP contribution in [-0.2, 0) is 28.6 Å². The van der Waals surface area contributed by atoms with Crippen molar-refractivity contribution in [2.45, 2.75) is 266 Å². The zero-order valence-corrected chi connectivity index (χ0v) is 37.7. The Hall–Kier alpha value is -1.59. The quantitative estimate of drug-likeness (QED) is 0.0349. The molecule has 6 nitrogen and oxygen atoms in total. The van der Waals surface area contributed by atoms with Crippen LogP contribution in [0.4, 0.5) is 0 Å². The van der Waals surface area contributed by atoms with Crippen LogP contribution < -0.4 is 0 Å². The van der Waals surface area contributed by atoms with Crippen molar-refractivity contribution in [2.75, 3.05) is 13.2 Å². The number of esters is 3. The van der Waals surface area contributed by atoms with Gasteiger partial charge in [0, 0.05) is 19.3 Å². The van der Waals surface area contributed by atoms with Crippen LogP contribution in [0.2, 0.25) is 0 Å². The Bertz CT molecular complexity index is 852. The Morgan fingerprint density at radius 2 is 0.527 bits per heavy atom. The molecule has 0 aliphatic carbocycles. The Balaban J connectivity index is 4.34. The number of ether oxygens (including phenoxy) is 3. The fourth-order valence-electron chi connectivity index (χ4n) is 7.23. The van der Waals surface area contributed by atoms with Crippen LogP contribution in [0.25, 0.3) is 0 Å².